The molecule has 1 atom stereocenters. The van der Waals surface area contributed by atoms with Crippen LogP contribution in [0.15, 0.2) is 70.3 Å². The fourth-order valence-electron chi connectivity index (χ4n) is 4.49. The minimum absolute atomic E-state index is 0.236. The zero-order valence-electron chi connectivity index (χ0n) is 18.4. The maximum atomic E-state index is 5.73. The molecule has 0 aliphatic carbocycles. The number of anilines is 1. The van der Waals surface area contributed by atoms with Crippen LogP contribution in [0, 0.1) is 0 Å². The Morgan fingerprint density at radius 2 is 2.00 bits per heavy atom. The van der Waals surface area contributed by atoms with Crippen LogP contribution < -0.4 is 19.7 Å². The van der Waals surface area contributed by atoms with Crippen LogP contribution >= 0.6 is 0 Å². The number of methoxy groups -OCH3 is 2. The van der Waals surface area contributed by atoms with Gasteiger partial charge in [-0.05, 0) is 36.4 Å². The summed E-state index contributed by atoms with van der Waals surface area (Å²) in [7, 11) is 3.32. The second-order valence-corrected chi connectivity index (χ2v) is 8.03. The molecule has 4 heterocycles. The normalized spacial score (nSPS) is 17.8. The minimum atomic E-state index is -0.236. The van der Waals surface area contributed by atoms with Crippen molar-refractivity contribution < 1.29 is 13.9 Å². The van der Waals surface area contributed by atoms with Gasteiger partial charge in [0.2, 0.25) is 11.9 Å². The fraction of sp³-hybridized carbons (Fsp3) is 0.250. The largest absolute Gasteiger partial charge is 0.497 e. The van der Waals surface area contributed by atoms with Crippen molar-refractivity contribution in [2.75, 3.05) is 32.5 Å². The number of furan rings is 1. The highest BCUT2D eigenvalue weighted by atomic mass is 16.5. The topological polar surface area (TPSA) is 80.3 Å². The van der Waals surface area contributed by atoms with Crippen LogP contribution in [0.3, 0.4) is 0 Å². The van der Waals surface area contributed by atoms with Gasteiger partial charge >= 0.3 is 0 Å². The maximum absolute atomic E-state index is 5.73. The van der Waals surface area contributed by atoms with E-state index in [1.54, 1.807) is 20.5 Å². The van der Waals surface area contributed by atoms with E-state index in [4.69, 9.17) is 23.9 Å². The molecule has 0 fully saturated rings. The second kappa shape index (κ2) is 7.86. The Morgan fingerprint density at radius 1 is 1.09 bits per heavy atom. The molecule has 0 radical (unpaired) electrons. The lowest BCUT2D eigenvalue weighted by Gasteiger charge is -2.41. The van der Waals surface area contributed by atoms with E-state index in [2.05, 4.69) is 25.8 Å². The Labute approximate surface area is 190 Å². The molecule has 0 saturated heterocycles. The molecule has 9 nitrogen and oxygen atoms in total. The lowest BCUT2D eigenvalue weighted by Crippen LogP contribution is -2.57. The summed E-state index contributed by atoms with van der Waals surface area (Å²) < 4.78 is 18.9. The predicted molar refractivity (Wildman–Crippen MR) is 124 cm³/mol. The predicted octanol–water partition coefficient (Wildman–Crippen LogP) is 3.39. The van der Waals surface area contributed by atoms with E-state index < -0.39 is 0 Å². The Hall–Kier alpha value is -3.98. The summed E-state index contributed by atoms with van der Waals surface area (Å²) in [6.07, 6.45) is 1.46. The number of para-hydroxylation sites is 2. The van der Waals surface area contributed by atoms with Gasteiger partial charge in [0.15, 0.2) is 0 Å². The van der Waals surface area contributed by atoms with E-state index in [1.807, 2.05) is 48.5 Å². The zero-order valence-corrected chi connectivity index (χ0v) is 18.4. The molecule has 6 rings (SSSR count). The third-order valence-electron chi connectivity index (χ3n) is 6.05. The van der Waals surface area contributed by atoms with Gasteiger partial charge in [-0.2, -0.15) is 0 Å². The molecule has 2 aromatic heterocycles. The molecular weight excluding hydrogens is 420 g/mol. The molecule has 1 unspecified atom stereocenters. The Balaban J connectivity index is 1.45. The molecule has 0 bridgehead atoms. The first-order valence-electron chi connectivity index (χ1n) is 10.8. The van der Waals surface area contributed by atoms with Crippen molar-refractivity contribution in [1.29, 1.82) is 0 Å². The third-order valence-corrected chi connectivity index (χ3v) is 6.05. The number of benzene rings is 2. The zero-order chi connectivity index (χ0) is 22.4. The number of aromatic nitrogens is 2. The smallest absolute Gasteiger partial charge is 0.216 e. The molecule has 168 valence electrons. The molecule has 0 saturated carbocycles. The van der Waals surface area contributed by atoms with E-state index in [-0.39, 0.29) is 6.17 Å². The van der Waals surface area contributed by atoms with E-state index in [1.165, 1.54) is 0 Å². The third kappa shape index (κ3) is 3.28. The molecule has 0 amide bonds. The molecule has 4 aromatic rings. The monoisotopic (exact) mass is 444 g/mol. The first-order chi connectivity index (χ1) is 16.2. The maximum Gasteiger partial charge on any atom is 0.216 e. The lowest BCUT2D eigenvalue weighted by atomic mass is 10.1. The van der Waals surface area contributed by atoms with Gasteiger partial charge in [-0.15, -0.1) is 0 Å². The van der Waals surface area contributed by atoms with Crippen molar-refractivity contribution in [1.82, 2.24) is 19.8 Å². The number of guanidine groups is 1. The van der Waals surface area contributed by atoms with Crippen molar-refractivity contribution >= 4 is 22.9 Å². The molecule has 9 heteroatoms. The summed E-state index contributed by atoms with van der Waals surface area (Å²) in [6.45, 7) is 1.88. The van der Waals surface area contributed by atoms with Crippen LogP contribution in [0.5, 0.6) is 11.5 Å². The van der Waals surface area contributed by atoms with E-state index in [9.17, 15) is 0 Å². The molecule has 33 heavy (non-hydrogen) atoms. The van der Waals surface area contributed by atoms with Gasteiger partial charge in [0, 0.05) is 11.6 Å². The highest BCUT2D eigenvalue weighted by Crippen LogP contribution is 2.38. The molecule has 2 aromatic carbocycles. The minimum Gasteiger partial charge on any atom is -0.497 e. The average molecular weight is 444 g/mol. The van der Waals surface area contributed by atoms with Gasteiger partial charge in [0.1, 0.15) is 23.4 Å². The SMILES string of the molecule is COc1ccc(C2NC3=NCN(Cc4ccco4)CN3c3nc4ccccc4n32)c(OC)c1. The van der Waals surface area contributed by atoms with Crippen LogP contribution in [0.2, 0.25) is 0 Å². The van der Waals surface area contributed by atoms with Crippen molar-refractivity contribution in [2.45, 2.75) is 12.7 Å². The van der Waals surface area contributed by atoms with Crippen LogP contribution in [0.4, 0.5) is 5.95 Å². The quantitative estimate of drug-likeness (QED) is 0.505. The molecule has 1 N–H and O–H groups in total. The van der Waals surface area contributed by atoms with Crippen molar-refractivity contribution in [3.8, 4) is 11.5 Å². The standard InChI is InChI=1S/C24H24N6O3/c1-31-16-9-10-18(21(12-16)32-2)22-27-23-25-14-28(13-17-6-5-11-33-17)15-29(23)24-26-19-7-3-4-8-20(19)30(22)24/h3-12,22H,13-15H2,1-2H3,(H,25,27). The fourth-order valence-corrected chi connectivity index (χ4v) is 4.49. The summed E-state index contributed by atoms with van der Waals surface area (Å²) in [6, 6.07) is 17.9. The number of rotatable bonds is 5. The number of aliphatic imine (C=N–C) groups is 1. The average Bonchev–Trinajstić information content (AvgIpc) is 3.51. The van der Waals surface area contributed by atoms with Gasteiger partial charge in [0.25, 0.3) is 0 Å². The van der Waals surface area contributed by atoms with Crippen molar-refractivity contribution in [3.63, 3.8) is 0 Å². The first kappa shape index (κ1) is 19.7. The van der Waals surface area contributed by atoms with Crippen LogP contribution in [0.25, 0.3) is 11.0 Å². The summed E-state index contributed by atoms with van der Waals surface area (Å²) >= 11 is 0. The highest BCUT2D eigenvalue weighted by Gasteiger charge is 2.37. The van der Waals surface area contributed by atoms with Gasteiger partial charge in [-0.1, -0.05) is 12.1 Å². The Bertz CT molecular complexity index is 1330. The number of nitrogens with one attached hydrogen (secondary N) is 1. The number of hydrogen-bond donors (Lipinski definition) is 1. The molecule has 2 aliphatic heterocycles. The Kier molecular flexibility index (Phi) is 4.69. The van der Waals surface area contributed by atoms with E-state index in [0.29, 0.717) is 19.9 Å². The number of nitrogens with zero attached hydrogens (tertiary/aromatic N) is 5. The molecule has 0 spiro atoms. The van der Waals surface area contributed by atoms with Gasteiger partial charge in [0.05, 0.1) is 51.4 Å². The lowest BCUT2D eigenvalue weighted by molar-refractivity contribution is 0.242. The summed E-state index contributed by atoms with van der Waals surface area (Å²) in [5.41, 5.74) is 2.93. The number of hydrogen-bond acceptors (Lipinski definition) is 8. The summed E-state index contributed by atoms with van der Waals surface area (Å²) in [5, 5.41) is 3.63. The van der Waals surface area contributed by atoms with Gasteiger partial charge < -0.3 is 19.2 Å². The first-order valence-corrected chi connectivity index (χ1v) is 10.8. The Morgan fingerprint density at radius 3 is 2.82 bits per heavy atom. The second-order valence-electron chi connectivity index (χ2n) is 8.03. The number of fused-ring (bicyclic) bond motifs is 5. The molecule has 2 aliphatic rings. The number of ether oxygens (including phenoxy) is 2. The molecular formula is C24H24N6O3. The summed E-state index contributed by atoms with van der Waals surface area (Å²) in [4.78, 5) is 14.2. The van der Waals surface area contributed by atoms with Crippen LogP contribution in [0.1, 0.15) is 17.5 Å². The van der Waals surface area contributed by atoms with E-state index >= 15 is 0 Å². The van der Waals surface area contributed by atoms with Crippen LogP contribution in [-0.2, 0) is 6.54 Å². The number of imidazole rings is 1. The van der Waals surface area contributed by atoms with E-state index in [0.717, 1.165) is 45.8 Å². The van der Waals surface area contributed by atoms with Crippen molar-refractivity contribution in [2.24, 2.45) is 4.99 Å². The van der Waals surface area contributed by atoms with Gasteiger partial charge in [-0.25, -0.2) is 9.98 Å². The van der Waals surface area contributed by atoms with Crippen LogP contribution in [-0.4, -0.2) is 48.0 Å². The van der Waals surface area contributed by atoms with Gasteiger partial charge in [-0.3, -0.25) is 14.4 Å². The summed E-state index contributed by atoms with van der Waals surface area (Å²) in [5.74, 6) is 4.01. The van der Waals surface area contributed by atoms with Crippen molar-refractivity contribution in [3.05, 3.63) is 72.2 Å². The highest BCUT2D eigenvalue weighted by molar-refractivity contribution is 5.99.